The van der Waals surface area contributed by atoms with Gasteiger partial charge in [0.1, 0.15) is 0 Å². The number of ether oxygens (including phenoxy) is 1. The molecule has 3 atom stereocenters. The van der Waals surface area contributed by atoms with Crippen LogP contribution in [-0.4, -0.2) is 45.9 Å². The zero-order valence-electron chi connectivity index (χ0n) is 15.5. The van der Waals surface area contributed by atoms with Crippen molar-refractivity contribution in [3.8, 4) is 5.88 Å². The smallest absolute Gasteiger partial charge is 0.213 e. The van der Waals surface area contributed by atoms with Crippen LogP contribution in [0.3, 0.4) is 0 Å². The van der Waals surface area contributed by atoms with Gasteiger partial charge in [-0.3, -0.25) is 4.21 Å². The van der Waals surface area contributed by atoms with E-state index in [1.807, 2.05) is 25.1 Å². The van der Waals surface area contributed by atoms with Crippen molar-refractivity contribution in [2.75, 3.05) is 19.4 Å². The molecule has 2 N–H and O–H groups in total. The molecule has 25 heavy (non-hydrogen) atoms. The summed E-state index contributed by atoms with van der Waals surface area (Å²) in [7, 11) is 0.898. The molecule has 1 aromatic rings. The Hall–Kier alpha value is -1.63. The molecule has 1 aliphatic carbocycles. The molecule has 2 rings (SSSR count). The van der Waals surface area contributed by atoms with Gasteiger partial charge in [-0.15, -0.1) is 0 Å². The highest BCUT2D eigenvalue weighted by Crippen LogP contribution is 2.23. The molecule has 0 spiro atoms. The van der Waals surface area contributed by atoms with Crippen molar-refractivity contribution in [2.45, 2.75) is 57.4 Å². The molecule has 0 saturated heterocycles. The van der Waals surface area contributed by atoms with Gasteiger partial charge in [0.2, 0.25) is 5.88 Å². The lowest BCUT2D eigenvalue weighted by Gasteiger charge is -2.30. The molecular formula is C18H30N4O2S. The molecule has 1 heterocycles. The predicted octanol–water partition coefficient (Wildman–Crippen LogP) is 2.23. The summed E-state index contributed by atoms with van der Waals surface area (Å²) in [5.41, 5.74) is 0.866. The number of rotatable bonds is 7. The Kier molecular flexibility index (Phi) is 8.18. The van der Waals surface area contributed by atoms with E-state index in [0.29, 0.717) is 23.7 Å². The third-order valence-corrected chi connectivity index (χ3v) is 6.10. The van der Waals surface area contributed by atoms with Crippen LogP contribution in [0, 0.1) is 0 Å². The molecule has 0 radical (unpaired) electrons. The summed E-state index contributed by atoms with van der Waals surface area (Å²) in [6.07, 6.45) is 4.23. The Balaban J connectivity index is 1.98. The number of methoxy groups -OCH3 is 1. The topological polar surface area (TPSA) is 75.6 Å². The van der Waals surface area contributed by atoms with E-state index in [-0.39, 0.29) is 0 Å². The number of guanidine groups is 1. The lowest BCUT2D eigenvalue weighted by Crippen LogP contribution is -2.46. The number of aliphatic imine (C=N–C) groups is 1. The first kappa shape index (κ1) is 19.7. The van der Waals surface area contributed by atoms with Crippen LogP contribution in [0.25, 0.3) is 0 Å². The van der Waals surface area contributed by atoms with Crippen LogP contribution in [-0.2, 0) is 17.3 Å². The number of hydrogen-bond donors (Lipinski definition) is 2. The van der Waals surface area contributed by atoms with Crippen molar-refractivity contribution in [3.05, 3.63) is 23.9 Å². The summed E-state index contributed by atoms with van der Waals surface area (Å²) >= 11 is 0. The summed E-state index contributed by atoms with van der Waals surface area (Å²) < 4.78 is 17.3. The molecule has 1 saturated carbocycles. The first-order chi connectivity index (χ1) is 12.2. The van der Waals surface area contributed by atoms with Gasteiger partial charge in [-0.25, -0.2) is 9.98 Å². The normalized spacial score (nSPS) is 22.3. The summed E-state index contributed by atoms with van der Waals surface area (Å²) in [5, 5.41) is 7.11. The monoisotopic (exact) mass is 366 g/mol. The fourth-order valence-electron chi connectivity index (χ4n) is 3.08. The molecule has 1 fully saturated rings. The summed E-state index contributed by atoms with van der Waals surface area (Å²) in [4.78, 5) is 9.04. The van der Waals surface area contributed by atoms with E-state index in [4.69, 9.17) is 4.74 Å². The molecule has 0 aromatic carbocycles. The minimum absolute atomic E-state index is 0.305. The molecule has 0 aliphatic heterocycles. The zero-order valence-corrected chi connectivity index (χ0v) is 16.3. The van der Waals surface area contributed by atoms with Crippen molar-refractivity contribution in [2.24, 2.45) is 4.99 Å². The van der Waals surface area contributed by atoms with Crippen molar-refractivity contribution >= 4 is 16.8 Å². The second-order valence-corrected chi connectivity index (χ2v) is 8.17. The first-order valence-electron chi connectivity index (χ1n) is 9.08. The van der Waals surface area contributed by atoms with Gasteiger partial charge in [0.15, 0.2) is 5.96 Å². The van der Waals surface area contributed by atoms with Crippen molar-refractivity contribution in [1.29, 1.82) is 0 Å². The van der Waals surface area contributed by atoms with Crippen LogP contribution in [0.1, 0.15) is 45.2 Å². The van der Waals surface area contributed by atoms with Crippen LogP contribution in [0.5, 0.6) is 5.88 Å². The average molecular weight is 367 g/mol. The van der Waals surface area contributed by atoms with Gasteiger partial charge < -0.3 is 15.4 Å². The van der Waals surface area contributed by atoms with E-state index >= 15 is 0 Å². The van der Waals surface area contributed by atoms with E-state index in [2.05, 4.69) is 27.5 Å². The van der Waals surface area contributed by atoms with Gasteiger partial charge in [0.05, 0.1) is 19.3 Å². The summed E-state index contributed by atoms with van der Waals surface area (Å²) in [5.74, 6) is 2.13. The minimum atomic E-state index is -0.714. The minimum Gasteiger partial charge on any atom is -0.481 e. The Morgan fingerprint density at radius 2 is 2.24 bits per heavy atom. The van der Waals surface area contributed by atoms with Crippen molar-refractivity contribution in [1.82, 2.24) is 15.6 Å². The number of nitrogens with one attached hydrogen (secondary N) is 2. The highest BCUT2D eigenvalue weighted by atomic mass is 32.2. The SMILES string of the molecule is CCNC(=NCc1cccc(OC)n1)NC1CCCC(S(=O)CC)C1. The quantitative estimate of drug-likeness (QED) is 0.572. The summed E-state index contributed by atoms with van der Waals surface area (Å²) in [6.45, 7) is 5.34. The number of pyridine rings is 1. The first-order valence-corrected chi connectivity index (χ1v) is 10.5. The fourth-order valence-corrected chi connectivity index (χ4v) is 4.43. The molecule has 1 aliphatic rings. The van der Waals surface area contributed by atoms with E-state index in [1.165, 1.54) is 0 Å². The number of hydrogen-bond acceptors (Lipinski definition) is 4. The summed E-state index contributed by atoms with van der Waals surface area (Å²) in [6, 6.07) is 6.01. The van der Waals surface area contributed by atoms with Crippen LogP contribution < -0.4 is 15.4 Å². The van der Waals surface area contributed by atoms with E-state index in [0.717, 1.165) is 49.6 Å². The van der Waals surface area contributed by atoms with Crippen LogP contribution in [0.4, 0.5) is 0 Å². The number of nitrogens with zero attached hydrogens (tertiary/aromatic N) is 2. The molecule has 140 valence electrons. The predicted molar refractivity (Wildman–Crippen MR) is 103 cm³/mol. The largest absolute Gasteiger partial charge is 0.481 e. The van der Waals surface area contributed by atoms with Crippen molar-refractivity contribution < 1.29 is 8.95 Å². The molecule has 7 heteroatoms. The van der Waals surface area contributed by atoms with Crippen molar-refractivity contribution in [3.63, 3.8) is 0 Å². The van der Waals surface area contributed by atoms with Gasteiger partial charge in [0.25, 0.3) is 0 Å². The number of aromatic nitrogens is 1. The second kappa shape index (κ2) is 10.4. The van der Waals surface area contributed by atoms with Crippen LogP contribution in [0.15, 0.2) is 23.2 Å². The zero-order chi connectivity index (χ0) is 18.1. The lowest BCUT2D eigenvalue weighted by molar-refractivity contribution is 0.396. The van der Waals surface area contributed by atoms with Gasteiger partial charge in [0, 0.05) is 40.5 Å². The van der Waals surface area contributed by atoms with Gasteiger partial charge in [-0.1, -0.05) is 19.4 Å². The van der Waals surface area contributed by atoms with E-state index < -0.39 is 10.8 Å². The molecule has 0 amide bonds. The molecule has 3 unspecified atom stereocenters. The Morgan fingerprint density at radius 1 is 1.40 bits per heavy atom. The lowest BCUT2D eigenvalue weighted by atomic mass is 9.95. The molecular weight excluding hydrogens is 336 g/mol. The van der Waals surface area contributed by atoms with Gasteiger partial charge in [-0.2, -0.15) is 0 Å². The maximum absolute atomic E-state index is 12.1. The highest BCUT2D eigenvalue weighted by molar-refractivity contribution is 7.85. The van der Waals surface area contributed by atoms with E-state index in [1.54, 1.807) is 7.11 Å². The van der Waals surface area contributed by atoms with Crippen LogP contribution in [0.2, 0.25) is 0 Å². The third kappa shape index (κ3) is 6.30. The highest BCUT2D eigenvalue weighted by Gasteiger charge is 2.26. The third-order valence-electron chi connectivity index (χ3n) is 4.36. The van der Waals surface area contributed by atoms with E-state index in [9.17, 15) is 4.21 Å². The molecule has 0 bridgehead atoms. The average Bonchev–Trinajstić information content (AvgIpc) is 2.66. The maximum atomic E-state index is 12.1. The second-order valence-electron chi connectivity index (χ2n) is 6.17. The van der Waals surface area contributed by atoms with Gasteiger partial charge in [-0.05, 0) is 32.3 Å². The molecule has 6 nitrogen and oxygen atoms in total. The Labute approximate surface area is 153 Å². The Bertz CT molecular complexity index is 594. The van der Waals surface area contributed by atoms with Crippen LogP contribution >= 0.6 is 0 Å². The standard InChI is InChI=1S/C18H30N4O2S/c1-4-19-18(20-13-15-9-7-11-17(21-15)24-3)22-14-8-6-10-16(12-14)25(23)5-2/h7,9,11,14,16H,4-6,8,10,12-13H2,1-3H3,(H2,19,20,22). The van der Waals surface area contributed by atoms with Gasteiger partial charge >= 0.3 is 0 Å². The molecule has 1 aromatic heterocycles. The fraction of sp³-hybridized carbons (Fsp3) is 0.667. The Morgan fingerprint density at radius 3 is 2.96 bits per heavy atom. The maximum Gasteiger partial charge on any atom is 0.213 e.